The quantitative estimate of drug-likeness (QED) is 0.616. The first-order valence-electron chi connectivity index (χ1n) is 6.49. The number of hydrogen-bond acceptors (Lipinski definition) is 4. The summed E-state index contributed by atoms with van der Waals surface area (Å²) in [5, 5.41) is 9.86. The van der Waals surface area contributed by atoms with Crippen LogP contribution in [-0.4, -0.2) is 47.1 Å². The van der Waals surface area contributed by atoms with Crippen LogP contribution in [0.15, 0.2) is 18.2 Å². The molecule has 100 valence electrons. The van der Waals surface area contributed by atoms with Gasteiger partial charge in [0.05, 0.1) is 0 Å². The van der Waals surface area contributed by atoms with Crippen molar-refractivity contribution in [2.24, 2.45) is 0 Å². The van der Waals surface area contributed by atoms with Gasteiger partial charge in [0.25, 0.3) is 0 Å². The lowest BCUT2D eigenvalue weighted by Crippen LogP contribution is -2.54. The molecule has 2 atom stereocenters. The van der Waals surface area contributed by atoms with E-state index in [1.54, 1.807) is 12.1 Å². The van der Waals surface area contributed by atoms with Gasteiger partial charge < -0.3 is 10.8 Å². The van der Waals surface area contributed by atoms with E-state index in [0.717, 1.165) is 25.2 Å². The molecule has 18 heavy (non-hydrogen) atoms. The Morgan fingerprint density at radius 2 is 1.89 bits per heavy atom. The Labute approximate surface area is 109 Å². The minimum Gasteiger partial charge on any atom is -0.508 e. The third-order valence-electron chi connectivity index (χ3n) is 3.93. The fraction of sp³-hybridized carbons (Fsp3) is 0.571. The molecule has 3 N–H and O–H groups in total. The monoisotopic (exact) mass is 249 g/mol. The van der Waals surface area contributed by atoms with Crippen LogP contribution in [0.1, 0.15) is 19.4 Å². The van der Waals surface area contributed by atoms with Gasteiger partial charge in [-0.15, -0.1) is 0 Å². The number of nitrogen functional groups attached to an aromatic ring is 1. The zero-order chi connectivity index (χ0) is 13.3. The van der Waals surface area contributed by atoms with Gasteiger partial charge in [0, 0.05) is 43.0 Å². The number of likely N-dealkylation sites (N-methyl/N-ethyl adjacent to an activating group) is 1. The summed E-state index contributed by atoms with van der Waals surface area (Å²) in [6, 6.07) is 6.35. The first kappa shape index (κ1) is 13.2. The molecule has 2 rings (SSSR count). The molecule has 0 aliphatic carbocycles. The van der Waals surface area contributed by atoms with Gasteiger partial charge >= 0.3 is 0 Å². The van der Waals surface area contributed by atoms with Gasteiger partial charge in [-0.2, -0.15) is 0 Å². The second-order valence-electron chi connectivity index (χ2n) is 5.45. The van der Waals surface area contributed by atoms with E-state index in [4.69, 9.17) is 5.73 Å². The third kappa shape index (κ3) is 2.76. The number of hydrogen-bond donors (Lipinski definition) is 2. The molecule has 0 bridgehead atoms. The first-order valence-corrected chi connectivity index (χ1v) is 6.49. The standard InChI is InChI=1S/C14H23N3O/c1-10-7-17(8-11(2)16(10)3)9-12-6-13(15)4-5-14(12)18/h4-6,10-11,18H,7-9,15H2,1-3H3. The Morgan fingerprint density at radius 3 is 2.50 bits per heavy atom. The number of aromatic hydroxyl groups is 1. The minimum atomic E-state index is 0.337. The van der Waals surface area contributed by atoms with E-state index >= 15 is 0 Å². The molecule has 0 spiro atoms. The molecule has 0 radical (unpaired) electrons. The fourth-order valence-corrected chi connectivity index (χ4v) is 2.62. The topological polar surface area (TPSA) is 52.7 Å². The average molecular weight is 249 g/mol. The molecule has 2 unspecified atom stereocenters. The Kier molecular flexibility index (Phi) is 3.78. The Balaban J connectivity index is 2.07. The number of anilines is 1. The number of piperazine rings is 1. The van der Waals surface area contributed by atoms with Crippen LogP contribution in [0, 0.1) is 0 Å². The lowest BCUT2D eigenvalue weighted by Gasteiger charge is -2.42. The van der Waals surface area contributed by atoms with Gasteiger partial charge in [0.1, 0.15) is 5.75 Å². The van der Waals surface area contributed by atoms with Crippen molar-refractivity contribution in [3.63, 3.8) is 0 Å². The molecule has 1 fully saturated rings. The van der Waals surface area contributed by atoms with Gasteiger partial charge in [0.15, 0.2) is 0 Å². The van der Waals surface area contributed by atoms with E-state index < -0.39 is 0 Å². The number of nitrogens with two attached hydrogens (primary N) is 1. The maximum atomic E-state index is 9.86. The molecular formula is C14H23N3O. The van der Waals surface area contributed by atoms with Crippen molar-refractivity contribution in [3.8, 4) is 5.75 Å². The number of phenolic OH excluding ortho intramolecular Hbond substituents is 1. The molecule has 1 aliphatic rings. The Bertz CT molecular complexity index is 410. The van der Waals surface area contributed by atoms with E-state index in [2.05, 4.69) is 30.7 Å². The lowest BCUT2D eigenvalue weighted by atomic mass is 10.1. The molecule has 1 aliphatic heterocycles. The zero-order valence-electron chi connectivity index (χ0n) is 11.4. The molecule has 0 saturated carbocycles. The molecule has 1 saturated heterocycles. The van der Waals surface area contributed by atoms with E-state index in [1.807, 2.05) is 6.07 Å². The Hall–Kier alpha value is -1.26. The summed E-state index contributed by atoms with van der Waals surface area (Å²) in [7, 11) is 2.17. The van der Waals surface area contributed by atoms with E-state index in [1.165, 1.54) is 0 Å². The van der Waals surface area contributed by atoms with Crippen LogP contribution in [0.3, 0.4) is 0 Å². The number of benzene rings is 1. The third-order valence-corrected chi connectivity index (χ3v) is 3.93. The van der Waals surface area contributed by atoms with Crippen molar-refractivity contribution >= 4 is 5.69 Å². The highest BCUT2D eigenvalue weighted by molar-refractivity contribution is 5.47. The normalized spacial score (nSPS) is 26.4. The van der Waals surface area contributed by atoms with Crippen LogP contribution in [0.4, 0.5) is 5.69 Å². The average Bonchev–Trinajstić information content (AvgIpc) is 2.31. The van der Waals surface area contributed by atoms with Crippen molar-refractivity contribution < 1.29 is 5.11 Å². The van der Waals surface area contributed by atoms with Gasteiger partial charge in [-0.3, -0.25) is 9.80 Å². The highest BCUT2D eigenvalue weighted by Gasteiger charge is 2.26. The highest BCUT2D eigenvalue weighted by Crippen LogP contribution is 2.23. The zero-order valence-corrected chi connectivity index (χ0v) is 11.4. The van der Waals surface area contributed by atoms with Crippen LogP contribution in [0.25, 0.3) is 0 Å². The van der Waals surface area contributed by atoms with Gasteiger partial charge in [-0.05, 0) is 39.1 Å². The van der Waals surface area contributed by atoms with Crippen molar-refractivity contribution in [1.82, 2.24) is 9.80 Å². The largest absolute Gasteiger partial charge is 0.508 e. The summed E-state index contributed by atoms with van der Waals surface area (Å²) in [6.07, 6.45) is 0. The van der Waals surface area contributed by atoms with E-state index in [0.29, 0.717) is 23.5 Å². The minimum absolute atomic E-state index is 0.337. The Morgan fingerprint density at radius 1 is 1.28 bits per heavy atom. The van der Waals surface area contributed by atoms with Crippen molar-refractivity contribution in [2.75, 3.05) is 25.9 Å². The second-order valence-corrected chi connectivity index (χ2v) is 5.45. The second kappa shape index (κ2) is 5.16. The number of rotatable bonds is 2. The van der Waals surface area contributed by atoms with Crippen LogP contribution in [0.2, 0.25) is 0 Å². The van der Waals surface area contributed by atoms with Crippen LogP contribution in [-0.2, 0) is 6.54 Å². The molecule has 4 heteroatoms. The molecule has 1 heterocycles. The summed E-state index contributed by atoms with van der Waals surface area (Å²) in [6.45, 7) is 7.29. The molecule has 1 aromatic carbocycles. The van der Waals surface area contributed by atoms with Crippen LogP contribution < -0.4 is 5.73 Å². The van der Waals surface area contributed by atoms with E-state index in [-0.39, 0.29) is 0 Å². The maximum Gasteiger partial charge on any atom is 0.120 e. The summed E-state index contributed by atoms with van der Waals surface area (Å²) in [4.78, 5) is 4.78. The van der Waals surface area contributed by atoms with Crippen LogP contribution >= 0.6 is 0 Å². The van der Waals surface area contributed by atoms with Crippen molar-refractivity contribution in [3.05, 3.63) is 23.8 Å². The van der Waals surface area contributed by atoms with Gasteiger partial charge in [-0.25, -0.2) is 0 Å². The predicted octanol–water partition coefficient (Wildman–Crippen LogP) is 1.50. The fourth-order valence-electron chi connectivity index (χ4n) is 2.62. The first-order chi connectivity index (χ1) is 8.47. The molecule has 1 aromatic rings. The SMILES string of the molecule is CC1CN(Cc2cc(N)ccc2O)CC(C)N1C. The van der Waals surface area contributed by atoms with Gasteiger partial charge in [-0.1, -0.05) is 0 Å². The summed E-state index contributed by atoms with van der Waals surface area (Å²) in [5.74, 6) is 0.337. The number of nitrogens with zero attached hydrogens (tertiary/aromatic N) is 2. The van der Waals surface area contributed by atoms with E-state index in [9.17, 15) is 5.11 Å². The summed E-state index contributed by atoms with van der Waals surface area (Å²) in [5.41, 5.74) is 7.39. The molecule has 0 amide bonds. The molecule has 0 aromatic heterocycles. The van der Waals surface area contributed by atoms with Crippen molar-refractivity contribution in [1.29, 1.82) is 0 Å². The summed E-state index contributed by atoms with van der Waals surface area (Å²) < 4.78 is 0. The van der Waals surface area contributed by atoms with Crippen LogP contribution in [0.5, 0.6) is 5.75 Å². The van der Waals surface area contributed by atoms with Crippen molar-refractivity contribution in [2.45, 2.75) is 32.5 Å². The smallest absolute Gasteiger partial charge is 0.120 e. The molecular weight excluding hydrogens is 226 g/mol. The maximum absolute atomic E-state index is 9.86. The van der Waals surface area contributed by atoms with Gasteiger partial charge in [0.2, 0.25) is 0 Å². The predicted molar refractivity (Wildman–Crippen MR) is 74.5 cm³/mol. The number of phenols is 1. The summed E-state index contributed by atoms with van der Waals surface area (Å²) >= 11 is 0. The molecule has 4 nitrogen and oxygen atoms in total. The lowest BCUT2D eigenvalue weighted by molar-refractivity contribution is 0.0552. The highest BCUT2D eigenvalue weighted by atomic mass is 16.3.